The summed E-state index contributed by atoms with van der Waals surface area (Å²) >= 11 is 0. The fourth-order valence-electron chi connectivity index (χ4n) is 4.32. The fraction of sp³-hybridized carbons (Fsp3) is 0.400. The van der Waals surface area contributed by atoms with Crippen LogP contribution in [0.15, 0.2) is 48.5 Å². The van der Waals surface area contributed by atoms with Gasteiger partial charge in [0.1, 0.15) is 6.17 Å². The zero-order valence-corrected chi connectivity index (χ0v) is 18.5. The fourth-order valence-corrected chi connectivity index (χ4v) is 4.32. The molecule has 0 saturated heterocycles. The van der Waals surface area contributed by atoms with Crippen LogP contribution in [0.5, 0.6) is 0 Å². The van der Waals surface area contributed by atoms with Gasteiger partial charge in [-0.3, -0.25) is 19.3 Å². The molecule has 0 fully saturated rings. The first-order valence-corrected chi connectivity index (χ1v) is 11.2. The van der Waals surface area contributed by atoms with Gasteiger partial charge >= 0.3 is 0 Å². The third-order valence-electron chi connectivity index (χ3n) is 5.78. The van der Waals surface area contributed by atoms with Crippen molar-refractivity contribution >= 4 is 23.4 Å². The van der Waals surface area contributed by atoms with Crippen molar-refractivity contribution in [3.8, 4) is 0 Å². The molecule has 0 saturated carbocycles. The number of carbonyl (C=O) groups excluding carboxylic acids is 3. The molecule has 168 valence electrons. The molecule has 0 spiro atoms. The van der Waals surface area contributed by atoms with Crippen LogP contribution in [-0.2, 0) is 9.53 Å². The lowest BCUT2D eigenvalue weighted by atomic mass is 10.0. The minimum atomic E-state index is -0.475. The highest BCUT2D eigenvalue weighted by Gasteiger charge is 2.47. The Labute approximate surface area is 188 Å². The van der Waals surface area contributed by atoms with E-state index in [4.69, 9.17) is 4.74 Å². The van der Waals surface area contributed by atoms with E-state index in [1.54, 1.807) is 28.0 Å². The van der Waals surface area contributed by atoms with Crippen LogP contribution in [0.2, 0.25) is 0 Å². The molecule has 2 heterocycles. The maximum absolute atomic E-state index is 13.3. The first-order chi connectivity index (χ1) is 15.5. The number of amides is 3. The molecule has 3 amide bonds. The van der Waals surface area contributed by atoms with Crippen LogP contribution in [0.4, 0.5) is 5.69 Å². The lowest BCUT2D eigenvalue weighted by Crippen LogP contribution is -2.48. The number of rotatable bonds is 9. The Kier molecular flexibility index (Phi) is 6.55. The molecule has 32 heavy (non-hydrogen) atoms. The zero-order valence-electron chi connectivity index (χ0n) is 18.5. The van der Waals surface area contributed by atoms with Crippen LogP contribution in [0.1, 0.15) is 65.6 Å². The van der Waals surface area contributed by atoms with Crippen molar-refractivity contribution < 1.29 is 19.1 Å². The number of fused-ring (bicyclic) bond motifs is 5. The molecule has 7 heteroatoms. The predicted molar refractivity (Wildman–Crippen MR) is 121 cm³/mol. The Balaban J connectivity index is 1.43. The van der Waals surface area contributed by atoms with Crippen LogP contribution in [0, 0.1) is 0 Å². The maximum atomic E-state index is 13.3. The maximum Gasteiger partial charge on any atom is 0.260 e. The minimum absolute atomic E-state index is 0.0424. The molecule has 2 aliphatic rings. The molecule has 1 atom stereocenters. The Morgan fingerprint density at radius 3 is 2.50 bits per heavy atom. The number of nitrogens with zero attached hydrogens (tertiary/aromatic N) is 2. The zero-order chi connectivity index (χ0) is 22.7. The van der Waals surface area contributed by atoms with Gasteiger partial charge < -0.3 is 15.0 Å². The van der Waals surface area contributed by atoms with Gasteiger partial charge in [0.05, 0.1) is 17.4 Å². The van der Waals surface area contributed by atoms with Crippen molar-refractivity contribution in [3.63, 3.8) is 0 Å². The average Bonchev–Trinajstić information content (AvgIpc) is 3.08. The first-order valence-electron chi connectivity index (χ1n) is 11.2. The molecule has 0 aliphatic carbocycles. The molecule has 4 rings (SSSR count). The first kappa shape index (κ1) is 22.0. The summed E-state index contributed by atoms with van der Waals surface area (Å²) in [6, 6.07) is 14.6. The molecular formula is C25H29N3O4. The quantitative estimate of drug-likeness (QED) is 0.612. The molecule has 7 nitrogen and oxygen atoms in total. The topological polar surface area (TPSA) is 79.0 Å². The van der Waals surface area contributed by atoms with E-state index in [1.165, 1.54) is 0 Å². The third kappa shape index (κ3) is 4.25. The van der Waals surface area contributed by atoms with E-state index in [0.29, 0.717) is 49.4 Å². The summed E-state index contributed by atoms with van der Waals surface area (Å²) in [5, 5.41) is 2.90. The van der Waals surface area contributed by atoms with Gasteiger partial charge in [-0.2, -0.15) is 0 Å². The highest BCUT2D eigenvalue weighted by Crippen LogP contribution is 2.45. The normalized spacial score (nSPS) is 16.8. The van der Waals surface area contributed by atoms with Crippen molar-refractivity contribution in [2.45, 2.75) is 45.4 Å². The molecule has 2 aliphatic heterocycles. The van der Waals surface area contributed by atoms with Gasteiger partial charge in [0, 0.05) is 37.2 Å². The second kappa shape index (κ2) is 9.53. The van der Waals surface area contributed by atoms with Gasteiger partial charge in [-0.15, -0.1) is 0 Å². The lowest BCUT2D eigenvalue weighted by Gasteiger charge is -2.41. The van der Waals surface area contributed by atoms with E-state index in [-0.39, 0.29) is 23.8 Å². The molecule has 1 N–H and O–H groups in total. The highest BCUT2D eigenvalue weighted by molar-refractivity contribution is 6.16. The number of hydrogen-bond acceptors (Lipinski definition) is 4. The number of ether oxygens (including phenoxy) is 1. The number of para-hydroxylation sites is 1. The molecule has 0 aromatic heterocycles. The monoisotopic (exact) mass is 435 g/mol. The van der Waals surface area contributed by atoms with Crippen molar-refractivity contribution in [1.82, 2.24) is 10.2 Å². The number of carbonyl (C=O) groups is 3. The molecule has 0 radical (unpaired) electrons. The lowest BCUT2D eigenvalue weighted by molar-refractivity contribution is -0.121. The van der Waals surface area contributed by atoms with Crippen LogP contribution in [-0.4, -0.2) is 48.4 Å². The van der Waals surface area contributed by atoms with Crippen LogP contribution >= 0.6 is 0 Å². The Hall–Kier alpha value is -3.19. The SMILES string of the molecule is CC(C)OCCCNC(=O)CCCN1C(=O)c2ccccc2N2C(=O)c3ccccc3C12. The van der Waals surface area contributed by atoms with E-state index < -0.39 is 6.17 Å². The summed E-state index contributed by atoms with van der Waals surface area (Å²) in [5.41, 5.74) is 2.60. The number of nitrogens with one attached hydrogen (secondary N) is 1. The summed E-state index contributed by atoms with van der Waals surface area (Å²) in [6.07, 6.45) is 1.31. The largest absolute Gasteiger partial charge is 0.379 e. The number of anilines is 1. The highest BCUT2D eigenvalue weighted by atomic mass is 16.5. The molecule has 0 bridgehead atoms. The van der Waals surface area contributed by atoms with Crippen LogP contribution < -0.4 is 10.2 Å². The standard InChI is InChI=1S/C25H29N3O4/c1-17(2)32-16-8-14-26-22(29)13-7-15-27-23-18-9-3-4-10-19(18)25(31)28(23)21-12-6-5-11-20(21)24(27)30/h3-6,9-12,17,23H,7-8,13-16H2,1-2H3,(H,26,29). The van der Waals surface area contributed by atoms with Gasteiger partial charge in [-0.1, -0.05) is 30.3 Å². The second-order valence-electron chi connectivity index (χ2n) is 8.38. The third-order valence-corrected chi connectivity index (χ3v) is 5.78. The van der Waals surface area contributed by atoms with Gasteiger partial charge in [0.25, 0.3) is 11.8 Å². The number of hydrogen-bond donors (Lipinski definition) is 1. The van der Waals surface area contributed by atoms with Gasteiger partial charge in [0.15, 0.2) is 0 Å². The van der Waals surface area contributed by atoms with Crippen LogP contribution in [0.3, 0.4) is 0 Å². The molecule has 2 aromatic rings. The Morgan fingerprint density at radius 2 is 1.72 bits per heavy atom. The van der Waals surface area contributed by atoms with Gasteiger partial charge in [-0.25, -0.2) is 0 Å². The van der Waals surface area contributed by atoms with Crippen LogP contribution in [0.25, 0.3) is 0 Å². The van der Waals surface area contributed by atoms with Gasteiger partial charge in [-0.05, 0) is 44.9 Å². The summed E-state index contributed by atoms with van der Waals surface area (Å²) < 4.78 is 5.47. The van der Waals surface area contributed by atoms with E-state index in [1.807, 2.05) is 44.2 Å². The van der Waals surface area contributed by atoms with Crippen molar-refractivity contribution in [3.05, 3.63) is 65.2 Å². The minimum Gasteiger partial charge on any atom is -0.379 e. The van der Waals surface area contributed by atoms with E-state index >= 15 is 0 Å². The van der Waals surface area contributed by atoms with Crippen molar-refractivity contribution in [1.29, 1.82) is 0 Å². The smallest absolute Gasteiger partial charge is 0.260 e. The van der Waals surface area contributed by atoms with Gasteiger partial charge in [0.2, 0.25) is 5.91 Å². The summed E-state index contributed by atoms with van der Waals surface area (Å²) in [4.78, 5) is 42.1. The molecule has 1 unspecified atom stereocenters. The Morgan fingerprint density at radius 1 is 1.00 bits per heavy atom. The number of benzene rings is 2. The van der Waals surface area contributed by atoms with E-state index in [9.17, 15) is 14.4 Å². The van der Waals surface area contributed by atoms with E-state index in [2.05, 4.69) is 5.32 Å². The molecule has 2 aromatic carbocycles. The summed E-state index contributed by atoms with van der Waals surface area (Å²) in [7, 11) is 0. The Bertz CT molecular complexity index is 1020. The summed E-state index contributed by atoms with van der Waals surface area (Å²) in [6.45, 7) is 5.54. The second-order valence-corrected chi connectivity index (χ2v) is 8.38. The predicted octanol–water partition coefficient (Wildman–Crippen LogP) is 3.51. The average molecular weight is 436 g/mol. The molecular weight excluding hydrogens is 406 g/mol. The van der Waals surface area contributed by atoms with Crippen molar-refractivity contribution in [2.24, 2.45) is 0 Å². The van der Waals surface area contributed by atoms with E-state index in [0.717, 1.165) is 12.0 Å². The summed E-state index contributed by atoms with van der Waals surface area (Å²) in [5.74, 6) is -0.256. The van der Waals surface area contributed by atoms with Crippen molar-refractivity contribution in [2.75, 3.05) is 24.6 Å².